The predicted octanol–water partition coefficient (Wildman–Crippen LogP) is 2.23. The summed E-state index contributed by atoms with van der Waals surface area (Å²) in [6.07, 6.45) is 4.91. The Morgan fingerprint density at radius 1 is 1.24 bits per heavy atom. The zero-order valence-electron chi connectivity index (χ0n) is 13.0. The summed E-state index contributed by atoms with van der Waals surface area (Å²) in [7, 11) is 0. The topological polar surface area (TPSA) is 102 Å². The van der Waals surface area contributed by atoms with E-state index in [4.69, 9.17) is 5.11 Å². The minimum Gasteiger partial charge on any atom is -0.477 e. The molecule has 9 heteroatoms. The van der Waals surface area contributed by atoms with Crippen LogP contribution in [0, 0.1) is 0 Å². The molecule has 2 aromatic heterocycles. The molecule has 25 heavy (non-hydrogen) atoms. The van der Waals surface area contributed by atoms with E-state index >= 15 is 0 Å². The first kappa shape index (κ1) is 16.9. The van der Waals surface area contributed by atoms with Crippen molar-refractivity contribution in [2.24, 2.45) is 0 Å². The molecule has 0 atom stereocenters. The fourth-order valence-electron chi connectivity index (χ4n) is 2.34. The second-order valence-corrected chi connectivity index (χ2v) is 6.20. The Morgan fingerprint density at radius 2 is 2.08 bits per heavy atom. The van der Waals surface area contributed by atoms with Crippen molar-refractivity contribution in [2.45, 2.75) is 13.1 Å². The van der Waals surface area contributed by atoms with Crippen molar-refractivity contribution in [2.75, 3.05) is 5.32 Å². The minimum atomic E-state index is -1.13. The number of nitrogens with zero attached hydrogens (tertiary/aromatic N) is 4. The van der Waals surface area contributed by atoms with E-state index in [0.717, 1.165) is 14.7 Å². The highest BCUT2D eigenvalue weighted by Gasteiger charge is 2.13. The van der Waals surface area contributed by atoms with Gasteiger partial charge in [0.1, 0.15) is 12.2 Å². The standard InChI is InChI=1S/C16H14BrN5O3/c17-12-7-19-21(9-12)8-11-2-1-3-13(6-11)20-15(23)10-22-14(16(24)25)4-5-18-22/h1-7,9H,8,10H2,(H,20,23)(H,24,25). The van der Waals surface area contributed by atoms with Crippen molar-refractivity contribution >= 4 is 33.5 Å². The number of hydrogen-bond donors (Lipinski definition) is 2. The van der Waals surface area contributed by atoms with Gasteiger partial charge in [0.2, 0.25) is 5.91 Å². The summed E-state index contributed by atoms with van der Waals surface area (Å²) in [6, 6.07) is 8.72. The van der Waals surface area contributed by atoms with Crippen LogP contribution < -0.4 is 5.32 Å². The van der Waals surface area contributed by atoms with Crippen LogP contribution >= 0.6 is 15.9 Å². The Kier molecular flexibility index (Phi) is 4.94. The third-order valence-electron chi connectivity index (χ3n) is 3.39. The van der Waals surface area contributed by atoms with E-state index in [1.807, 2.05) is 24.4 Å². The molecule has 0 aliphatic rings. The molecule has 0 saturated heterocycles. The number of carboxylic acid groups (broad SMARTS) is 1. The average Bonchev–Trinajstić information content (AvgIpc) is 3.16. The van der Waals surface area contributed by atoms with E-state index in [2.05, 4.69) is 31.4 Å². The van der Waals surface area contributed by atoms with Crippen LogP contribution in [-0.4, -0.2) is 36.5 Å². The Hall–Kier alpha value is -2.94. The van der Waals surface area contributed by atoms with Crippen LogP contribution in [0.3, 0.4) is 0 Å². The third kappa shape index (κ3) is 4.32. The summed E-state index contributed by atoms with van der Waals surface area (Å²) in [6.45, 7) is 0.391. The molecular formula is C16H14BrN5O3. The molecule has 2 heterocycles. The average molecular weight is 404 g/mol. The summed E-state index contributed by atoms with van der Waals surface area (Å²) < 4.78 is 3.81. The number of rotatable bonds is 6. The Bertz CT molecular complexity index is 918. The molecule has 1 aromatic carbocycles. The molecule has 2 N–H and O–H groups in total. The number of benzene rings is 1. The second kappa shape index (κ2) is 7.31. The lowest BCUT2D eigenvalue weighted by molar-refractivity contribution is -0.116. The van der Waals surface area contributed by atoms with Gasteiger partial charge in [-0.15, -0.1) is 0 Å². The molecule has 0 radical (unpaired) electrons. The minimum absolute atomic E-state index is 0.0341. The smallest absolute Gasteiger partial charge is 0.354 e. The molecule has 8 nitrogen and oxygen atoms in total. The van der Waals surface area contributed by atoms with Crippen molar-refractivity contribution in [1.29, 1.82) is 0 Å². The Balaban J connectivity index is 1.66. The van der Waals surface area contributed by atoms with E-state index < -0.39 is 5.97 Å². The monoisotopic (exact) mass is 403 g/mol. The highest BCUT2D eigenvalue weighted by Crippen LogP contribution is 2.14. The van der Waals surface area contributed by atoms with Gasteiger partial charge in [0.05, 0.1) is 17.2 Å². The lowest BCUT2D eigenvalue weighted by Gasteiger charge is -2.09. The number of carbonyl (C=O) groups is 2. The third-order valence-corrected chi connectivity index (χ3v) is 3.80. The fourth-order valence-corrected chi connectivity index (χ4v) is 2.66. The molecule has 0 fully saturated rings. The van der Waals surface area contributed by atoms with Crippen molar-refractivity contribution in [3.05, 3.63) is 64.7 Å². The first-order valence-corrected chi connectivity index (χ1v) is 8.12. The van der Waals surface area contributed by atoms with Crippen molar-refractivity contribution in [1.82, 2.24) is 19.6 Å². The molecule has 3 rings (SSSR count). The Labute approximate surface area is 151 Å². The largest absolute Gasteiger partial charge is 0.477 e. The normalized spacial score (nSPS) is 10.6. The van der Waals surface area contributed by atoms with Gasteiger partial charge in [-0.1, -0.05) is 12.1 Å². The van der Waals surface area contributed by atoms with Crippen molar-refractivity contribution < 1.29 is 14.7 Å². The Morgan fingerprint density at radius 3 is 2.80 bits per heavy atom. The van der Waals surface area contributed by atoms with Crippen LogP contribution in [0.4, 0.5) is 5.69 Å². The van der Waals surface area contributed by atoms with Crippen LogP contribution in [0.2, 0.25) is 0 Å². The van der Waals surface area contributed by atoms with Gasteiger partial charge in [-0.2, -0.15) is 10.2 Å². The molecule has 128 valence electrons. The maximum Gasteiger partial charge on any atom is 0.354 e. The molecular weight excluding hydrogens is 390 g/mol. The quantitative estimate of drug-likeness (QED) is 0.656. The van der Waals surface area contributed by atoms with E-state index in [9.17, 15) is 9.59 Å². The van der Waals surface area contributed by atoms with Gasteiger partial charge in [0.15, 0.2) is 0 Å². The number of hydrogen-bond acceptors (Lipinski definition) is 4. The van der Waals surface area contributed by atoms with E-state index in [0.29, 0.717) is 12.2 Å². The number of carbonyl (C=O) groups excluding carboxylic acids is 1. The zero-order valence-corrected chi connectivity index (χ0v) is 14.5. The lowest BCUT2D eigenvalue weighted by Crippen LogP contribution is -2.22. The van der Waals surface area contributed by atoms with Gasteiger partial charge in [0, 0.05) is 18.1 Å². The zero-order chi connectivity index (χ0) is 17.8. The maximum absolute atomic E-state index is 12.1. The molecule has 0 aliphatic heterocycles. The van der Waals surface area contributed by atoms with Crippen molar-refractivity contribution in [3.8, 4) is 0 Å². The fraction of sp³-hybridized carbons (Fsp3) is 0.125. The maximum atomic E-state index is 12.1. The van der Waals surface area contributed by atoms with Gasteiger partial charge in [0.25, 0.3) is 0 Å². The number of carboxylic acids is 1. The summed E-state index contributed by atoms with van der Waals surface area (Å²) >= 11 is 3.35. The molecule has 0 aliphatic carbocycles. The van der Waals surface area contributed by atoms with Gasteiger partial charge < -0.3 is 10.4 Å². The van der Waals surface area contributed by atoms with Gasteiger partial charge in [-0.3, -0.25) is 9.48 Å². The molecule has 3 aromatic rings. The molecule has 1 amide bonds. The van der Waals surface area contributed by atoms with Gasteiger partial charge in [-0.25, -0.2) is 9.48 Å². The van der Waals surface area contributed by atoms with Crippen LogP contribution in [0.1, 0.15) is 16.1 Å². The number of halogens is 1. The second-order valence-electron chi connectivity index (χ2n) is 5.28. The van der Waals surface area contributed by atoms with Gasteiger partial charge >= 0.3 is 5.97 Å². The van der Waals surface area contributed by atoms with Gasteiger partial charge in [-0.05, 0) is 39.7 Å². The van der Waals surface area contributed by atoms with Crippen LogP contribution in [0.15, 0.2) is 53.4 Å². The highest BCUT2D eigenvalue weighted by atomic mass is 79.9. The van der Waals surface area contributed by atoms with E-state index in [1.165, 1.54) is 12.3 Å². The van der Waals surface area contributed by atoms with Crippen molar-refractivity contribution in [3.63, 3.8) is 0 Å². The first-order valence-electron chi connectivity index (χ1n) is 7.33. The molecule has 0 saturated carbocycles. The number of nitrogens with one attached hydrogen (secondary N) is 1. The number of aromatic nitrogens is 4. The first-order chi connectivity index (χ1) is 12.0. The number of amides is 1. The summed E-state index contributed by atoms with van der Waals surface area (Å²) in [5.41, 5.74) is 1.56. The predicted molar refractivity (Wildman–Crippen MR) is 93.3 cm³/mol. The summed E-state index contributed by atoms with van der Waals surface area (Å²) in [5.74, 6) is -1.48. The van der Waals surface area contributed by atoms with Crippen LogP contribution in [0.25, 0.3) is 0 Å². The molecule has 0 bridgehead atoms. The van der Waals surface area contributed by atoms with E-state index in [-0.39, 0.29) is 18.1 Å². The number of anilines is 1. The van der Waals surface area contributed by atoms with E-state index in [1.54, 1.807) is 16.9 Å². The molecule has 0 unspecified atom stereocenters. The lowest BCUT2D eigenvalue weighted by atomic mass is 10.2. The molecule has 0 spiro atoms. The number of aromatic carboxylic acids is 1. The summed E-state index contributed by atoms with van der Waals surface area (Å²) in [5, 5.41) is 19.8. The van der Waals surface area contributed by atoms with Crippen LogP contribution in [0.5, 0.6) is 0 Å². The highest BCUT2D eigenvalue weighted by molar-refractivity contribution is 9.10. The SMILES string of the molecule is O=C(Cn1nccc1C(=O)O)Nc1cccc(Cn2cc(Br)cn2)c1. The van der Waals surface area contributed by atoms with Crippen LogP contribution in [-0.2, 0) is 17.9 Å². The summed E-state index contributed by atoms with van der Waals surface area (Å²) in [4.78, 5) is 23.2.